The largest absolute Gasteiger partial charge is 0.378 e. The minimum Gasteiger partial charge on any atom is -0.378 e. The second-order valence-electron chi connectivity index (χ2n) is 3.80. The molecule has 0 saturated carbocycles. The van der Waals surface area contributed by atoms with Crippen molar-refractivity contribution in [2.45, 2.75) is 0 Å². The Morgan fingerprint density at radius 2 is 2.06 bits per heavy atom. The molecule has 5 heteroatoms. The van der Waals surface area contributed by atoms with Crippen molar-refractivity contribution in [3.8, 4) is 0 Å². The first-order chi connectivity index (χ1) is 8.31. The lowest BCUT2D eigenvalue weighted by molar-refractivity contribution is -0.113. The Labute approximate surface area is 109 Å². The lowest BCUT2D eigenvalue weighted by Gasteiger charge is -2.30. The van der Waals surface area contributed by atoms with E-state index >= 15 is 0 Å². The summed E-state index contributed by atoms with van der Waals surface area (Å²) in [7, 11) is 0. The minimum absolute atomic E-state index is 0.0364. The molecule has 17 heavy (non-hydrogen) atoms. The number of morpholine rings is 1. The molecule has 1 aliphatic rings. The highest BCUT2D eigenvalue weighted by atomic mass is 79.9. The fourth-order valence-corrected chi connectivity index (χ4v) is 1.98. The maximum atomic E-state index is 11.4. The van der Waals surface area contributed by atoms with E-state index in [0.29, 0.717) is 5.33 Å². The number of para-hydroxylation sites is 2. The van der Waals surface area contributed by atoms with Gasteiger partial charge in [-0.2, -0.15) is 0 Å². The fraction of sp³-hybridized carbons (Fsp3) is 0.417. The topological polar surface area (TPSA) is 41.6 Å². The van der Waals surface area contributed by atoms with Crippen LogP contribution in [0.1, 0.15) is 0 Å². The van der Waals surface area contributed by atoms with Crippen LogP contribution >= 0.6 is 15.9 Å². The summed E-state index contributed by atoms with van der Waals surface area (Å²) in [5.74, 6) is -0.0364. The minimum atomic E-state index is -0.0364. The zero-order chi connectivity index (χ0) is 12.1. The first-order valence-electron chi connectivity index (χ1n) is 5.59. The van der Waals surface area contributed by atoms with Crippen molar-refractivity contribution in [3.05, 3.63) is 24.3 Å². The van der Waals surface area contributed by atoms with Gasteiger partial charge in [-0.05, 0) is 12.1 Å². The van der Waals surface area contributed by atoms with Gasteiger partial charge in [0, 0.05) is 13.1 Å². The van der Waals surface area contributed by atoms with E-state index < -0.39 is 0 Å². The third-order valence-corrected chi connectivity index (χ3v) is 3.16. The van der Waals surface area contributed by atoms with Crippen LogP contribution in [0.25, 0.3) is 0 Å². The maximum Gasteiger partial charge on any atom is 0.235 e. The number of nitrogens with zero attached hydrogens (tertiary/aromatic N) is 1. The van der Waals surface area contributed by atoms with Crippen molar-refractivity contribution >= 4 is 33.2 Å². The van der Waals surface area contributed by atoms with Gasteiger partial charge in [0.15, 0.2) is 0 Å². The Hall–Kier alpha value is -1.07. The van der Waals surface area contributed by atoms with E-state index in [9.17, 15) is 4.79 Å². The van der Waals surface area contributed by atoms with Gasteiger partial charge >= 0.3 is 0 Å². The molecule has 1 amide bonds. The Balaban J connectivity index is 2.17. The molecule has 0 radical (unpaired) electrons. The van der Waals surface area contributed by atoms with Crippen LogP contribution in [0.4, 0.5) is 11.4 Å². The van der Waals surface area contributed by atoms with Gasteiger partial charge in [0.05, 0.1) is 29.9 Å². The van der Waals surface area contributed by atoms with E-state index in [1.807, 2.05) is 24.3 Å². The second kappa shape index (κ2) is 6.02. The SMILES string of the molecule is O=C(CBr)Nc1ccccc1N1CCOCC1. The molecule has 0 unspecified atom stereocenters. The fourth-order valence-electron chi connectivity index (χ4n) is 1.84. The lowest BCUT2D eigenvalue weighted by atomic mass is 10.2. The molecule has 1 fully saturated rings. The molecule has 92 valence electrons. The summed E-state index contributed by atoms with van der Waals surface area (Å²) >= 11 is 3.15. The third-order valence-electron chi connectivity index (χ3n) is 2.65. The van der Waals surface area contributed by atoms with Gasteiger partial charge in [0.1, 0.15) is 0 Å². The lowest BCUT2D eigenvalue weighted by Crippen LogP contribution is -2.36. The van der Waals surface area contributed by atoms with E-state index in [1.165, 1.54) is 0 Å². The summed E-state index contributed by atoms with van der Waals surface area (Å²) in [6.45, 7) is 3.20. The number of carbonyl (C=O) groups is 1. The molecule has 0 aliphatic carbocycles. The number of hydrogen-bond donors (Lipinski definition) is 1. The number of nitrogens with one attached hydrogen (secondary N) is 1. The monoisotopic (exact) mass is 298 g/mol. The standard InChI is InChI=1S/C12H15BrN2O2/c13-9-12(16)14-10-3-1-2-4-11(10)15-5-7-17-8-6-15/h1-4H,5-9H2,(H,14,16). The van der Waals surface area contributed by atoms with Crippen LogP contribution in [0.2, 0.25) is 0 Å². The average Bonchev–Trinajstić information content (AvgIpc) is 2.40. The Morgan fingerprint density at radius 1 is 1.35 bits per heavy atom. The van der Waals surface area contributed by atoms with Crippen molar-refractivity contribution in [3.63, 3.8) is 0 Å². The van der Waals surface area contributed by atoms with Crippen molar-refractivity contribution in [2.75, 3.05) is 41.9 Å². The van der Waals surface area contributed by atoms with Crippen LogP contribution in [-0.2, 0) is 9.53 Å². The second-order valence-corrected chi connectivity index (χ2v) is 4.36. The number of halogens is 1. The van der Waals surface area contributed by atoms with Crippen LogP contribution in [0.3, 0.4) is 0 Å². The average molecular weight is 299 g/mol. The zero-order valence-corrected chi connectivity index (χ0v) is 11.1. The Kier molecular flexibility index (Phi) is 4.39. The molecule has 1 aliphatic heterocycles. The number of alkyl halides is 1. The zero-order valence-electron chi connectivity index (χ0n) is 9.49. The normalized spacial score (nSPS) is 15.7. The molecule has 2 rings (SSSR count). The molecule has 1 saturated heterocycles. The highest BCUT2D eigenvalue weighted by Gasteiger charge is 2.15. The highest BCUT2D eigenvalue weighted by molar-refractivity contribution is 9.09. The summed E-state index contributed by atoms with van der Waals surface area (Å²) < 4.78 is 5.33. The molecule has 0 aromatic heterocycles. The van der Waals surface area contributed by atoms with Crippen LogP contribution in [0, 0.1) is 0 Å². The first-order valence-corrected chi connectivity index (χ1v) is 6.71. The van der Waals surface area contributed by atoms with Gasteiger partial charge in [0.25, 0.3) is 0 Å². The predicted molar refractivity (Wildman–Crippen MR) is 71.9 cm³/mol. The summed E-state index contributed by atoms with van der Waals surface area (Å²) in [5, 5.41) is 3.20. The van der Waals surface area contributed by atoms with Gasteiger partial charge in [-0.25, -0.2) is 0 Å². The highest BCUT2D eigenvalue weighted by Crippen LogP contribution is 2.26. The Bertz CT molecular complexity index is 392. The van der Waals surface area contributed by atoms with E-state index in [1.54, 1.807) is 0 Å². The first kappa shape index (κ1) is 12.4. The molecule has 1 heterocycles. The summed E-state index contributed by atoms with van der Waals surface area (Å²) in [6, 6.07) is 7.85. The number of rotatable bonds is 3. The van der Waals surface area contributed by atoms with E-state index in [0.717, 1.165) is 37.7 Å². The van der Waals surface area contributed by atoms with Crippen molar-refractivity contribution < 1.29 is 9.53 Å². The number of ether oxygens (including phenoxy) is 1. The van der Waals surface area contributed by atoms with Crippen LogP contribution in [0.5, 0.6) is 0 Å². The van der Waals surface area contributed by atoms with Gasteiger partial charge in [0.2, 0.25) is 5.91 Å². The third kappa shape index (κ3) is 3.20. The molecule has 4 nitrogen and oxygen atoms in total. The van der Waals surface area contributed by atoms with Crippen LogP contribution in [-0.4, -0.2) is 37.5 Å². The number of hydrogen-bond acceptors (Lipinski definition) is 3. The van der Waals surface area contributed by atoms with Gasteiger partial charge < -0.3 is 15.0 Å². The molecule has 0 bridgehead atoms. The molecule has 0 atom stereocenters. The van der Waals surface area contributed by atoms with Crippen molar-refractivity contribution in [1.29, 1.82) is 0 Å². The number of carbonyl (C=O) groups excluding carboxylic acids is 1. The number of anilines is 2. The molecule has 0 spiro atoms. The molecule has 1 aromatic carbocycles. The van der Waals surface area contributed by atoms with Gasteiger partial charge in [-0.15, -0.1) is 0 Å². The maximum absolute atomic E-state index is 11.4. The van der Waals surface area contributed by atoms with Crippen molar-refractivity contribution in [2.24, 2.45) is 0 Å². The molecular weight excluding hydrogens is 284 g/mol. The smallest absolute Gasteiger partial charge is 0.235 e. The molecule has 1 aromatic rings. The van der Waals surface area contributed by atoms with Crippen LogP contribution < -0.4 is 10.2 Å². The summed E-state index contributed by atoms with van der Waals surface area (Å²) in [4.78, 5) is 13.6. The van der Waals surface area contributed by atoms with E-state index in [4.69, 9.17) is 4.74 Å². The molecular formula is C12H15BrN2O2. The number of amides is 1. The van der Waals surface area contributed by atoms with E-state index in [2.05, 4.69) is 26.1 Å². The van der Waals surface area contributed by atoms with Crippen molar-refractivity contribution in [1.82, 2.24) is 0 Å². The predicted octanol–water partition coefficient (Wildman–Crippen LogP) is 1.86. The molecule has 1 N–H and O–H groups in total. The van der Waals surface area contributed by atoms with Gasteiger partial charge in [-0.1, -0.05) is 28.1 Å². The van der Waals surface area contributed by atoms with Crippen LogP contribution in [0.15, 0.2) is 24.3 Å². The quantitative estimate of drug-likeness (QED) is 0.866. The number of benzene rings is 1. The van der Waals surface area contributed by atoms with Gasteiger partial charge in [-0.3, -0.25) is 4.79 Å². The summed E-state index contributed by atoms with van der Waals surface area (Å²) in [6.07, 6.45) is 0. The van der Waals surface area contributed by atoms with E-state index in [-0.39, 0.29) is 5.91 Å². The summed E-state index contributed by atoms with van der Waals surface area (Å²) in [5.41, 5.74) is 1.92. The Morgan fingerprint density at radius 3 is 2.76 bits per heavy atom.